The molecule has 116 valence electrons. The number of rotatable bonds is 6. The Balaban J connectivity index is 3.33. The Morgan fingerprint density at radius 1 is 1.43 bits per heavy atom. The molecule has 1 rings (SSSR count). The number of carboxylic acid groups (broad SMARTS) is 1. The minimum atomic E-state index is -1.80. The van der Waals surface area contributed by atoms with Gasteiger partial charge in [-0.15, -0.1) is 0 Å². The minimum absolute atomic E-state index is 0.0669. The lowest BCUT2D eigenvalue weighted by molar-refractivity contribution is -0.172. The van der Waals surface area contributed by atoms with E-state index in [9.17, 15) is 19.1 Å². The van der Waals surface area contributed by atoms with Crippen molar-refractivity contribution in [1.82, 2.24) is 0 Å². The zero-order chi connectivity index (χ0) is 16.2. The van der Waals surface area contributed by atoms with Crippen molar-refractivity contribution >= 4 is 23.5 Å². The molecule has 0 fully saturated rings. The lowest BCUT2D eigenvalue weighted by atomic mass is 9.72. The van der Waals surface area contributed by atoms with Gasteiger partial charge in [0.2, 0.25) is 0 Å². The van der Waals surface area contributed by atoms with E-state index >= 15 is 0 Å². The highest BCUT2D eigenvalue weighted by atomic mass is 35.5. The second-order valence-corrected chi connectivity index (χ2v) is 5.47. The van der Waals surface area contributed by atoms with Crippen molar-refractivity contribution in [2.24, 2.45) is 11.3 Å². The molecule has 1 unspecified atom stereocenters. The van der Waals surface area contributed by atoms with Crippen molar-refractivity contribution in [1.29, 1.82) is 0 Å². The summed E-state index contributed by atoms with van der Waals surface area (Å²) < 4.78 is 18.3. The Kier molecular flexibility index (Phi) is 5.72. The number of carbonyl (C=O) groups excluding carboxylic acids is 1. The maximum Gasteiger partial charge on any atom is 0.324 e. The lowest BCUT2D eigenvalue weighted by Gasteiger charge is -2.31. The third kappa shape index (κ3) is 3.53. The van der Waals surface area contributed by atoms with E-state index in [4.69, 9.17) is 16.3 Å². The van der Waals surface area contributed by atoms with Crippen LogP contribution < -0.4 is 0 Å². The van der Waals surface area contributed by atoms with Crippen molar-refractivity contribution in [2.45, 2.75) is 27.2 Å². The van der Waals surface area contributed by atoms with E-state index in [2.05, 4.69) is 0 Å². The second kappa shape index (κ2) is 6.89. The van der Waals surface area contributed by atoms with Crippen LogP contribution in [0, 0.1) is 17.2 Å². The van der Waals surface area contributed by atoms with Gasteiger partial charge in [-0.1, -0.05) is 25.4 Å². The fourth-order valence-corrected chi connectivity index (χ4v) is 2.35. The van der Waals surface area contributed by atoms with Crippen molar-refractivity contribution in [3.05, 3.63) is 34.6 Å². The molecule has 0 saturated heterocycles. The van der Waals surface area contributed by atoms with Crippen LogP contribution in [0.5, 0.6) is 0 Å². The highest BCUT2D eigenvalue weighted by Crippen LogP contribution is 2.36. The normalized spacial score (nSPS) is 13.8. The number of hydrogen-bond donors (Lipinski definition) is 1. The first-order chi connectivity index (χ1) is 9.75. The average Bonchev–Trinajstić information content (AvgIpc) is 2.39. The summed E-state index contributed by atoms with van der Waals surface area (Å²) in [7, 11) is 0. The molecule has 1 N–H and O–H groups in total. The van der Waals surface area contributed by atoms with E-state index in [1.807, 2.05) is 0 Å². The molecular formula is C15H18ClFO4. The highest BCUT2D eigenvalue weighted by Gasteiger charge is 2.50. The van der Waals surface area contributed by atoms with Gasteiger partial charge in [0.05, 0.1) is 6.61 Å². The third-order valence-electron chi connectivity index (χ3n) is 3.48. The molecule has 1 atom stereocenters. The minimum Gasteiger partial charge on any atom is -0.480 e. The van der Waals surface area contributed by atoms with E-state index in [0.29, 0.717) is 0 Å². The Morgan fingerprint density at radius 3 is 2.52 bits per heavy atom. The summed E-state index contributed by atoms with van der Waals surface area (Å²) in [5, 5.41) is 9.79. The number of carboxylic acids is 1. The first-order valence-electron chi connectivity index (χ1n) is 6.60. The predicted molar refractivity (Wildman–Crippen MR) is 76.7 cm³/mol. The highest BCUT2D eigenvalue weighted by molar-refractivity contribution is 6.31. The molecular weight excluding hydrogens is 299 g/mol. The number of aliphatic carboxylic acids is 1. The van der Waals surface area contributed by atoms with Gasteiger partial charge in [0, 0.05) is 11.4 Å². The molecule has 6 heteroatoms. The van der Waals surface area contributed by atoms with Crippen LogP contribution in [-0.4, -0.2) is 23.7 Å². The van der Waals surface area contributed by atoms with Crippen LogP contribution in [0.25, 0.3) is 0 Å². The standard InChI is InChI=1S/C15H18ClFO4/c1-4-21-14(20)15(9(2)3,13(18)19)8-10-7-11(17)5-6-12(10)16/h5-7,9H,4,8H2,1-3H3,(H,18,19). The molecule has 0 radical (unpaired) electrons. The molecule has 1 aromatic rings. The molecule has 4 nitrogen and oxygen atoms in total. The van der Waals surface area contributed by atoms with Crippen LogP contribution in [0.1, 0.15) is 26.3 Å². The zero-order valence-corrected chi connectivity index (χ0v) is 12.9. The molecule has 0 heterocycles. The SMILES string of the molecule is CCOC(=O)C(Cc1cc(F)ccc1Cl)(C(=O)O)C(C)C. The third-order valence-corrected chi connectivity index (χ3v) is 3.85. The molecule has 0 aromatic heterocycles. The average molecular weight is 317 g/mol. The molecule has 0 aliphatic heterocycles. The Hall–Kier alpha value is -1.62. The molecule has 21 heavy (non-hydrogen) atoms. The number of carbonyl (C=O) groups is 2. The second-order valence-electron chi connectivity index (χ2n) is 5.06. The Bertz CT molecular complexity index is 544. The van der Waals surface area contributed by atoms with Gasteiger partial charge >= 0.3 is 11.9 Å². The van der Waals surface area contributed by atoms with E-state index < -0.39 is 29.1 Å². The largest absolute Gasteiger partial charge is 0.480 e. The van der Waals surface area contributed by atoms with Gasteiger partial charge in [-0.25, -0.2) is 4.39 Å². The first kappa shape index (κ1) is 17.4. The van der Waals surface area contributed by atoms with Gasteiger partial charge in [0.25, 0.3) is 0 Å². The number of esters is 1. The Morgan fingerprint density at radius 2 is 2.05 bits per heavy atom. The first-order valence-corrected chi connectivity index (χ1v) is 6.98. The van der Waals surface area contributed by atoms with Gasteiger partial charge in [-0.05, 0) is 36.6 Å². The molecule has 0 aliphatic rings. The molecule has 0 aliphatic carbocycles. The summed E-state index contributed by atoms with van der Waals surface area (Å²) in [6, 6.07) is 3.65. The van der Waals surface area contributed by atoms with Crippen LogP contribution in [0.15, 0.2) is 18.2 Å². The summed E-state index contributed by atoms with van der Waals surface area (Å²) in [6.07, 6.45) is -0.227. The van der Waals surface area contributed by atoms with Crippen LogP contribution >= 0.6 is 11.6 Å². The van der Waals surface area contributed by atoms with E-state index in [1.165, 1.54) is 12.1 Å². The fraction of sp³-hybridized carbons (Fsp3) is 0.467. The topological polar surface area (TPSA) is 63.6 Å². The van der Waals surface area contributed by atoms with Gasteiger partial charge in [0.1, 0.15) is 5.82 Å². The molecule has 1 aromatic carbocycles. The summed E-state index contributed by atoms with van der Waals surface area (Å²) >= 11 is 5.98. The van der Waals surface area contributed by atoms with E-state index in [1.54, 1.807) is 20.8 Å². The maximum atomic E-state index is 13.4. The number of halogens is 2. The van der Waals surface area contributed by atoms with Gasteiger partial charge < -0.3 is 9.84 Å². The van der Waals surface area contributed by atoms with Crippen LogP contribution in [0.2, 0.25) is 5.02 Å². The summed E-state index contributed by atoms with van der Waals surface area (Å²) in [4.78, 5) is 24.0. The lowest BCUT2D eigenvalue weighted by Crippen LogP contribution is -2.47. The summed E-state index contributed by atoms with van der Waals surface area (Å²) in [5.41, 5.74) is -1.53. The molecule has 0 saturated carbocycles. The predicted octanol–water partition coefficient (Wildman–Crippen LogP) is 3.31. The zero-order valence-electron chi connectivity index (χ0n) is 12.2. The van der Waals surface area contributed by atoms with Crippen molar-refractivity contribution < 1.29 is 23.8 Å². The monoisotopic (exact) mass is 316 g/mol. The number of hydrogen-bond acceptors (Lipinski definition) is 3. The van der Waals surface area contributed by atoms with Crippen molar-refractivity contribution in [3.63, 3.8) is 0 Å². The maximum absolute atomic E-state index is 13.4. The van der Waals surface area contributed by atoms with Crippen LogP contribution in [0.3, 0.4) is 0 Å². The smallest absolute Gasteiger partial charge is 0.324 e. The Labute approximate surface area is 127 Å². The van der Waals surface area contributed by atoms with Gasteiger partial charge in [0.15, 0.2) is 5.41 Å². The van der Waals surface area contributed by atoms with Gasteiger partial charge in [-0.3, -0.25) is 9.59 Å². The van der Waals surface area contributed by atoms with Crippen molar-refractivity contribution in [3.8, 4) is 0 Å². The number of ether oxygens (including phenoxy) is 1. The molecule has 0 amide bonds. The van der Waals surface area contributed by atoms with Crippen molar-refractivity contribution in [2.75, 3.05) is 6.61 Å². The molecule has 0 spiro atoms. The number of benzene rings is 1. The molecule has 0 bridgehead atoms. The van der Waals surface area contributed by atoms with E-state index in [-0.39, 0.29) is 23.6 Å². The van der Waals surface area contributed by atoms with Gasteiger partial charge in [-0.2, -0.15) is 0 Å². The van der Waals surface area contributed by atoms with Crippen LogP contribution in [0.4, 0.5) is 4.39 Å². The quantitative estimate of drug-likeness (QED) is 0.646. The summed E-state index contributed by atoms with van der Waals surface area (Å²) in [6.45, 7) is 4.88. The fourth-order valence-electron chi connectivity index (χ4n) is 2.16. The van der Waals surface area contributed by atoms with E-state index in [0.717, 1.165) is 6.07 Å². The van der Waals surface area contributed by atoms with Crippen LogP contribution in [-0.2, 0) is 20.7 Å². The summed E-state index contributed by atoms with van der Waals surface area (Å²) in [5.74, 6) is -3.24.